The van der Waals surface area contributed by atoms with E-state index in [9.17, 15) is 0 Å². The van der Waals surface area contributed by atoms with E-state index in [0.29, 0.717) is 0 Å². The van der Waals surface area contributed by atoms with Crippen LogP contribution in [-0.4, -0.2) is 31.2 Å². The molecule has 0 saturated carbocycles. The Morgan fingerprint density at radius 1 is 1.14 bits per heavy atom. The van der Waals surface area contributed by atoms with Crippen LogP contribution in [0.1, 0.15) is 51.5 Å². The van der Waals surface area contributed by atoms with Crippen LogP contribution in [0.3, 0.4) is 0 Å². The average molecular weight is 303 g/mol. The molecule has 0 amide bonds. The van der Waals surface area contributed by atoms with E-state index in [0.717, 1.165) is 31.6 Å². The van der Waals surface area contributed by atoms with E-state index in [1.165, 1.54) is 50.8 Å². The van der Waals surface area contributed by atoms with Crippen LogP contribution < -0.4 is 0 Å². The summed E-state index contributed by atoms with van der Waals surface area (Å²) in [5.41, 5.74) is 1.44. The second kappa shape index (κ2) is 10.0. The van der Waals surface area contributed by atoms with Gasteiger partial charge in [-0.25, -0.2) is 0 Å². The normalized spacial score (nSPS) is 18.5. The molecule has 22 heavy (non-hydrogen) atoms. The number of piperidine rings is 1. The quantitative estimate of drug-likeness (QED) is 0.611. The highest BCUT2D eigenvalue weighted by molar-refractivity contribution is 5.14. The molecule has 0 N–H and O–H groups in total. The van der Waals surface area contributed by atoms with Gasteiger partial charge >= 0.3 is 0 Å². The third-order valence-corrected chi connectivity index (χ3v) is 5.05. The highest BCUT2D eigenvalue weighted by Crippen LogP contribution is 2.27. The number of hydrogen-bond acceptors (Lipinski definition) is 2. The number of benzene rings is 1. The number of nitrogens with zero attached hydrogens (tertiary/aromatic N) is 1. The number of hydrogen-bond donors (Lipinski definition) is 0. The van der Waals surface area contributed by atoms with Gasteiger partial charge in [-0.15, -0.1) is 0 Å². The molecule has 2 rings (SSSR count). The molecular weight excluding hydrogens is 270 g/mol. The fourth-order valence-corrected chi connectivity index (χ4v) is 3.38. The van der Waals surface area contributed by atoms with Gasteiger partial charge in [-0.2, -0.15) is 0 Å². The number of ether oxygens (including phenoxy) is 1. The number of unbranched alkanes of at least 4 members (excludes halogenated alkanes) is 1. The summed E-state index contributed by atoms with van der Waals surface area (Å²) in [5, 5.41) is 0. The Morgan fingerprint density at radius 2 is 1.86 bits per heavy atom. The Balaban J connectivity index is 1.62. The molecule has 2 heteroatoms. The summed E-state index contributed by atoms with van der Waals surface area (Å²) in [6.07, 6.45) is 6.36. The Kier molecular flexibility index (Phi) is 7.96. The van der Waals surface area contributed by atoms with E-state index >= 15 is 0 Å². The van der Waals surface area contributed by atoms with Crippen LogP contribution in [0.5, 0.6) is 0 Å². The van der Waals surface area contributed by atoms with E-state index in [2.05, 4.69) is 49.1 Å². The minimum Gasteiger partial charge on any atom is -0.381 e. The van der Waals surface area contributed by atoms with Crippen molar-refractivity contribution in [2.45, 2.75) is 52.5 Å². The molecule has 0 spiro atoms. The Hall–Kier alpha value is -0.860. The lowest BCUT2D eigenvalue weighted by molar-refractivity contribution is 0.0929. The van der Waals surface area contributed by atoms with Crippen LogP contribution in [0.4, 0.5) is 0 Å². The first-order chi connectivity index (χ1) is 10.8. The molecule has 1 aromatic carbocycles. The van der Waals surface area contributed by atoms with Gasteiger partial charge in [0.25, 0.3) is 0 Å². The number of likely N-dealkylation sites (tertiary alicyclic amines) is 1. The molecule has 124 valence electrons. The zero-order valence-corrected chi connectivity index (χ0v) is 14.5. The van der Waals surface area contributed by atoms with Crippen molar-refractivity contribution in [3.8, 4) is 0 Å². The van der Waals surface area contributed by atoms with Crippen LogP contribution in [-0.2, 0) is 11.3 Å². The van der Waals surface area contributed by atoms with Gasteiger partial charge in [0, 0.05) is 19.8 Å². The third kappa shape index (κ3) is 6.10. The summed E-state index contributed by atoms with van der Waals surface area (Å²) in [7, 11) is 0. The van der Waals surface area contributed by atoms with Crippen molar-refractivity contribution >= 4 is 0 Å². The van der Waals surface area contributed by atoms with E-state index in [1.54, 1.807) is 0 Å². The van der Waals surface area contributed by atoms with Gasteiger partial charge in [-0.3, -0.25) is 4.90 Å². The highest BCUT2D eigenvalue weighted by atomic mass is 16.5. The molecule has 1 unspecified atom stereocenters. The first kappa shape index (κ1) is 17.5. The second-order valence-electron chi connectivity index (χ2n) is 6.83. The molecule has 1 saturated heterocycles. The zero-order chi connectivity index (χ0) is 15.6. The van der Waals surface area contributed by atoms with Gasteiger partial charge in [-0.05, 0) is 56.2 Å². The maximum Gasteiger partial charge on any atom is 0.0468 e. The molecule has 1 aliphatic rings. The van der Waals surface area contributed by atoms with Gasteiger partial charge in [0.2, 0.25) is 0 Å². The summed E-state index contributed by atoms with van der Waals surface area (Å²) >= 11 is 0. The van der Waals surface area contributed by atoms with Gasteiger partial charge in [0.05, 0.1) is 0 Å². The van der Waals surface area contributed by atoms with Gasteiger partial charge in [0.15, 0.2) is 0 Å². The fraction of sp³-hybridized carbons (Fsp3) is 0.700. The SMILES string of the molecule is CCCCOCCC(C)C1CCN(Cc2ccccc2)CC1. The van der Waals surface area contributed by atoms with Crippen molar-refractivity contribution in [2.75, 3.05) is 26.3 Å². The molecule has 1 aliphatic heterocycles. The molecule has 0 aliphatic carbocycles. The van der Waals surface area contributed by atoms with Crippen molar-refractivity contribution in [2.24, 2.45) is 11.8 Å². The molecule has 1 heterocycles. The van der Waals surface area contributed by atoms with E-state index < -0.39 is 0 Å². The summed E-state index contributed by atoms with van der Waals surface area (Å²) < 4.78 is 5.73. The zero-order valence-electron chi connectivity index (χ0n) is 14.5. The van der Waals surface area contributed by atoms with Gasteiger partial charge in [0.1, 0.15) is 0 Å². The lowest BCUT2D eigenvalue weighted by atomic mass is 9.83. The predicted molar refractivity (Wildman–Crippen MR) is 94.0 cm³/mol. The number of rotatable bonds is 9. The maximum absolute atomic E-state index is 5.73. The molecule has 0 bridgehead atoms. The summed E-state index contributed by atoms with van der Waals surface area (Å²) in [5.74, 6) is 1.70. The lowest BCUT2D eigenvalue weighted by Crippen LogP contribution is -2.35. The van der Waals surface area contributed by atoms with Crippen LogP contribution in [0.15, 0.2) is 30.3 Å². The Labute approximate surface area is 136 Å². The maximum atomic E-state index is 5.73. The average Bonchev–Trinajstić information content (AvgIpc) is 2.56. The predicted octanol–water partition coefficient (Wildman–Crippen LogP) is 4.74. The molecule has 1 fully saturated rings. The van der Waals surface area contributed by atoms with Crippen LogP contribution >= 0.6 is 0 Å². The van der Waals surface area contributed by atoms with E-state index in [-0.39, 0.29) is 0 Å². The molecule has 1 atom stereocenters. The summed E-state index contributed by atoms with van der Waals surface area (Å²) in [6, 6.07) is 10.9. The van der Waals surface area contributed by atoms with Gasteiger partial charge < -0.3 is 4.74 Å². The molecule has 1 aromatic rings. The monoisotopic (exact) mass is 303 g/mol. The van der Waals surface area contributed by atoms with Crippen molar-refractivity contribution < 1.29 is 4.74 Å². The molecular formula is C20H33NO. The smallest absolute Gasteiger partial charge is 0.0468 e. The van der Waals surface area contributed by atoms with Crippen molar-refractivity contribution in [1.82, 2.24) is 4.90 Å². The van der Waals surface area contributed by atoms with Crippen LogP contribution in [0.2, 0.25) is 0 Å². The summed E-state index contributed by atoms with van der Waals surface area (Å²) in [6.45, 7) is 10.1. The standard InChI is InChI=1S/C20H33NO/c1-3-4-15-22-16-12-18(2)20-10-13-21(14-11-20)17-19-8-6-5-7-9-19/h5-9,18,20H,3-4,10-17H2,1-2H3. The van der Waals surface area contributed by atoms with Crippen molar-refractivity contribution in [3.05, 3.63) is 35.9 Å². The van der Waals surface area contributed by atoms with E-state index in [1.807, 2.05) is 0 Å². The first-order valence-corrected chi connectivity index (χ1v) is 9.13. The van der Waals surface area contributed by atoms with Crippen LogP contribution in [0.25, 0.3) is 0 Å². The second-order valence-corrected chi connectivity index (χ2v) is 6.83. The third-order valence-electron chi connectivity index (χ3n) is 5.05. The first-order valence-electron chi connectivity index (χ1n) is 9.13. The Morgan fingerprint density at radius 3 is 2.55 bits per heavy atom. The van der Waals surface area contributed by atoms with Crippen molar-refractivity contribution in [1.29, 1.82) is 0 Å². The van der Waals surface area contributed by atoms with Crippen molar-refractivity contribution in [3.63, 3.8) is 0 Å². The minimum absolute atomic E-state index is 0.806. The largest absolute Gasteiger partial charge is 0.381 e. The van der Waals surface area contributed by atoms with Crippen LogP contribution in [0, 0.1) is 11.8 Å². The van der Waals surface area contributed by atoms with E-state index in [4.69, 9.17) is 4.74 Å². The minimum atomic E-state index is 0.806. The summed E-state index contributed by atoms with van der Waals surface area (Å²) in [4.78, 5) is 2.61. The fourth-order valence-electron chi connectivity index (χ4n) is 3.38. The molecule has 0 radical (unpaired) electrons. The highest BCUT2D eigenvalue weighted by Gasteiger charge is 2.23. The Bertz CT molecular complexity index is 384. The topological polar surface area (TPSA) is 12.5 Å². The molecule has 0 aromatic heterocycles. The lowest BCUT2D eigenvalue weighted by Gasteiger charge is -2.35. The van der Waals surface area contributed by atoms with Gasteiger partial charge in [-0.1, -0.05) is 50.6 Å². The molecule has 2 nitrogen and oxygen atoms in total.